The van der Waals surface area contributed by atoms with Crippen LogP contribution < -0.4 is 10.3 Å². The second-order valence-corrected chi connectivity index (χ2v) is 6.31. The topological polar surface area (TPSA) is 79.0 Å². The number of H-pyrrole nitrogens is 1. The highest BCUT2D eigenvalue weighted by Gasteiger charge is 2.17. The molecular formula is C14H16N2O3S. The summed E-state index contributed by atoms with van der Waals surface area (Å²) in [6, 6.07) is 11.9. The van der Waals surface area contributed by atoms with Crippen molar-refractivity contribution in [1.82, 2.24) is 9.71 Å². The predicted octanol–water partition coefficient (Wildman–Crippen LogP) is 1.28. The summed E-state index contributed by atoms with van der Waals surface area (Å²) in [5, 5.41) is 0. The molecule has 1 unspecified atom stereocenters. The van der Waals surface area contributed by atoms with Crippen molar-refractivity contribution in [2.75, 3.05) is 0 Å². The van der Waals surface area contributed by atoms with Crippen molar-refractivity contribution in [3.05, 3.63) is 64.6 Å². The third-order valence-corrected chi connectivity index (χ3v) is 4.39. The number of nitrogens with one attached hydrogen (secondary N) is 2. The molecule has 0 bridgehead atoms. The van der Waals surface area contributed by atoms with E-state index in [0.717, 1.165) is 5.56 Å². The molecule has 5 nitrogen and oxygen atoms in total. The van der Waals surface area contributed by atoms with E-state index in [1.807, 2.05) is 30.3 Å². The summed E-state index contributed by atoms with van der Waals surface area (Å²) in [6.45, 7) is 1.80. The maximum Gasteiger partial charge on any atom is 0.247 e. The first kappa shape index (κ1) is 14.5. The lowest BCUT2D eigenvalue weighted by Crippen LogP contribution is -2.34. The Hall–Kier alpha value is -1.92. The van der Waals surface area contributed by atoms with Crippen LogP contribution in [0.3, 0.4) is 0 Å². The van der Waals surface area contributed by atoms with E-state index in [9.17, 15) is 13.2 Å². The average Bonchev–Trinajstić information content (AvgIpc) is 2.39. The number of rotatable bonds is 5. The van der Waals surface area contributed by atoms with Crippen LogP contribution in [-0.2, 0) is 16.4 Å². The quantitative estimate of drug-likeness (QED) is 0.871. The van der Waals surface area contributed by atoms with Crippen molar-refractivity contribution < 1.29 is 8.42 Å². The number of sulfonamides is 1. The van der Waals surface area contributed by atoms with E-state index in [1.54, 1.807) is 6.92 Å². The van der Waals surface area contributed by atoms with Gasteiger partial charge in [-0.05, 0) is 25.0 Å². The van der Waals surface area contributed by atoms with Crippen LogP contribution in [-0.4, -0.2) is 19.4 Å². The molecule has 1 aromatic carbocycles. The normalized spacial score (nSPS) is 13.1. The highest BCUT2D eigenvalue weighted by Crippen LogP contribution is 2.08. The van der Waals surface area contributed by atoms with E-state index < -0.39 is 10.0 Å². The molecule has 0 saturated carbocycles. The summed E-state index contributed by atoms with van der Waals surface area (Å²) >= 11 is 0. The van der Waals surface area contributed by atoms with Gasteiger partial charge in [-0.25, -0.2) is 13.1 Å². The van der Waals surface area contributed by atoms with Crippen LogP contribution >= 0.6 is 0 Å². The Kier molecular flexibility index (Phi) is 4.36. The standard InChI is InChI=1S/C14H16N2O3S/c1-11(9-12-5-3-2-4-6-12)16-20(18,19)13-7-8-14(17)15-10-13/h2-8,10-11,16H,9H2,1H3,(H,15,17). The minimum Gasteiger partial charge on any atom is -0.328 e. The summed E-state index contributed by atoms with van der Waals surface area (Å²) in [7, 11) is -3.62. The maximum atomic E-state index is 12.1. The number of aromatic amines is 1. The molecule has 20 heavy (non-hydrogen) atoms. The molecule has 1 atom stereocenters. The molecule has 2 aromatic rings. The van der Waals surface area contributed by atoms with Gasteiger partial charge in [0.05, 0.1) is 4.90 Å². The lowest BCUT2D eigenvalue weighted by molar-refractivity contribution is 0.559. The van der Waals surface area contributed by atoms with Crippen LogP contribution in [0.4, 0.5) is 0 Å². The Bertz CT molecular complexity index is 703. The molecule has 1 heterocycles. The molecular weight excluding hydrogens is 276 g/mol. The third kappa shape index (κ3) is 3.79. The minimum atomic E-state index is -3.62. The summed E-state index contributed by atoms with van der Waals surface area (Å²) in [4.78, 5) is 13.3. The van der Waals surface area contributed by atoms with Crippen molar-refractivity contribution in [3.63, 3.8) is 0 Å². The van der Waals surface area contributed by atoms with E-state index in [-0.39, 0.29) is 16.5 Å². The van der Waals surface area contributed by atoms with Crippen LogP contribution in [0.5, 0.6) is 0 Å². The van der Waals surface area contributed by atoms with Crippen LogP contribution in [0.2, 0.25) is 0 Å². The molecule has 6 heteroatoms. The summed E-state index contributed by atoms with van der Waals surface area (Å²) in [5.74, 6) is 0. The zero-order valence-electron chi connectivity index (χ0n) is 11.0. The van der Waals surface area contributed by atoms with Crippen molar-refractivity contribution in [3.8, 4) is 0 Å². The van der Waals surface area contributed by atoms with Gasteiger partial charge in [0.25, 0.3) is 0 Å². The molecule has 0 aliphatic heterocycles. The highest BCUT2D eigenvalue weighted by atomic mass is 32.2. The first-order valence-corrected chi connectivity index (χ1v) is 7.71. The number of aromatic nitrogens is 1. The summed E-state index contributed by atoms with van der Waals surface area (Å²) < 4.78 is 26.8. The molecule has 0 amide bonds. The van der Waals surface area contributed by atoms with Crippen LogP contribution in [0.25, 0.3) is 0 Å². The van der Waals surface area contributed by atoms with Crippen molar-refractivity contribution in [2.24, 2.45) is 0 Å². The van der Waals surface area contributed by atoms with Gasteiger partial charge in [-0.15, -0.1) is 0 Å². The number of hydrogen-bond acceptors (Lipinski definition) is 3. The van der Waals surface area contributed by atoms with Crippen LogP contribution in [0.15, 0.2) is 58.4 Å². The van der Waals surface area contributed by atoms with Crippen LogP contribution in [0.1, 0.15) is 12.5 Å². The van der Waals surface area contributed by atoms with Gasteiger partial charge in [0, 0.05) is 18.3 Å². The fraction of sp³-hybridized carbons (Fsp3) is 0.214. The molecule has 0 aliphatic carbocycles. The molecule has 0 radical (unpaired) electrons. The van der Waals surface area contributed by atoms with Crippen molar-refractivity contribution >= 4 is 10.0 Å². The second-order valence-electron chi connectivity index (χ2n) is 4.60. The Balaban J connectivity index is 2.08. The molecule has 0 spiro atoms. The van der Waals surface area contributed by atoms with Gasteiger partial charge in [0.1, 0.15) is 0 Å². The Morgan fingerprint density at radius 3 is 2.45 bits per heavy atom. The fourth-order valence-electron chi connectivity index (χ4n) is 1.91. The first-order chi connectivity index (χ1) is 9.47. The molecule has 106 valence electrons. The molecule has 0 fully saturated rings. The van der Waals surface area contributed by atoms with Crippen LogP contribution in [0, 0.1) is 0 Å². The number of pyridine rings is 1. The predicted molar refractivity (Wildman–Crippen MR) is 77.0 cm³/mol. The van der Waals surface area contributed by atoms with Crippen molar-refractivity contribution in [2.45, 2.75) is 24.3 Å². The molecule has 0 saturated heterocycles. The smallest absolute Gasteiger partial charge is 0.247 e. The molecule has 2 N–H and O–H groups in total. The lowest BCUT2D eigenvalue weighted by atomic mass is 10.1. The van der Waals surface area contributed by atoms with Gasteiger partial charge in [0.15, 0.2) is 0 Å². The zero-order chi connectivity index (χ0) is 14.6. The minimum absolute atomic E-state index is 0.0528. The zero-order valence-corrected chi connectivity index (χ0v) is 11.9. The monoisotopic (exact) mass is 292 g/mol. The Morgan fingerprint density at radius 1 is 1.15 bits per heavy atom. The lowest BCUT2D eigenvalue weighted by Gasteiger charge is -2.14. The second kappa shape index (κ2) is 6.02. The van der Waals surface area contributed by atoms with Crippen molar-refractivity contribution in [1.29, 1.82) is 0 Å². The van der Waals surface area contributed by atoms with E-state index >= 15 is 0 Å². The first-order valence-electron chi connectivity index (χ1n) is 6.22. The maximum absolute atomic E-state index is 12.1. The van der Waals surface area contributed by atoms with E-state index in [1.165, 1.54) is 18.3 Å². The summed E-state index contributed by atoms with van der Waals surface area (Å²) in [5.41, 5.74) is 0.727. The van der Waals surface area contributed by atoms with E-state index in [4.69, 9.17) is 0 Å². The number of benzene rings is 1. The molecule has 0 aliphatic rings. The van der Waals surface area contributed by atoms with E-state index in [2.05, 4.69) is 9.71 Å². The number of hydrogen-bond donors (Lipinski definition) is 2. The average molecular weight is 292 g/mol. The Morgan fingerprint density at radius 2 is 1.85 bits per heavy atom. The SMILES string of the molecule is CC(Cc1ccccc1)NS(=O)(=O)c1ccc(=O)[nH]c1. The molecule has 2 rings (SSSR count). The van der Waals surface area contributed by atoms with Gasteiger partial charge in [-0.1, -0.05) is 30.3 Å². The largest absolute Gasteiger partial charge is 0.328 e. The van der Waals surface area contributed by atoms with Gasteiger partial charge < -0.3 is 4.98 Å². The third-order valence-electron chi connectivity index (χ3n) is 2.81. The van der Waals surface area contributed by atoms with Gasteiger partial charge in [0.2, 0.25) is 15.6 Å². The van der Waals surface area contributed by atoms with E-state index in [0.29, 0.717) is 6.42 Å². The molecule has 1 aromatic heterocycles. The summed E-state index contributed by atoms with van der Waals surface area (Å²) in [6.07, 6.45) is 1.79. The van der Waals surface area contributed by atoms with Gasteiger partial charge in [-0.2, -0.15) is 0 Å². The Labute approximate surface area is 117 Å². The van der Waals surface area contributed by atoms with Gasteiger partial charge >= 0.3 is 0 Å². The highest BCUT2D eigenvalue weighted by molar-refractivity contribution is 7.89. The fourth-order valence-corrected chi connectivity index (χ4v) is 3.12. The van der Waals surface area contributed by atoms with Gasteiger partial charge in [-0.3, -0.25) is 4.79 Å².